The molecule has 0 unspecified atom stereocenters. The summed E-state index contributed by atoms with van der Waals surface area (Å²) < 4.78 is 0. The van der Waals surface area contributed by atoms with Crippen molar-refractivity contribution in [1.82, 2.24) is 15.1 Å². The second-order valence-corrected chi connectivity index (χ2v) is 8.07. The number of carbonyl (C=O) groups is 2. The van der Waals surface area contributed by atoms with E-state index in [1.165, 1.54) is 11.1 Å². The molecule has 3 amide bonds. The van der Waals surface area contributed by atoms with E-state index < -0.39 is 0 Å². The van der Waals surface area contributed by atoms with E-state index in [0.29, 0.717) is 26.1 Å². The monoisotopic (exact) mass is 359 g/mol. The number of hydrogen-bond acceptors (Lipinski definition) is 2. The number of nitrogens with one attached hydrogen (secondary N) is 1. The Morgan fingerprint density at radius 1 is 0.962 bits per heavy atom. The lowest BCUT2D eigenvalue weighted by molar-refractivity contribution is -0.131. The molecule has 0 bridgehead atoms. The summed E-state index contributed by atoms with van der Waals surface area (Å²) in [6.07, 6.45) is 3.16. The molecule has 0 spiro atoms. The van der Waals surface area contributed by atoms with Gasteiger partial charge in [0.2, 0.25) is 5.91 Å². The summed E-state index contributed by atoms with van der Waals surface area (Å²) in [5, 5.41) is 3.00. The maximum absolute atomic E-state index is 12.6. The number of hydrogen-bond donors (Lipinski definition) is 1. The molecule has 0 radical (unpaired) electrons. The standard InChI is InChI=1S/C21H33N3O2/c1-5-17-7-9-18(10-8-17)11-12-19(25)23-13-6-14-24(16-15-23)20(26)22-21(2,3)4/h7-10H,5-6,11-16H2,1-4H3,(H,22,26). The zero-order chi connectivity index (χ0) is 19.2. The molecule has 1 fully saturated rings. The Morgan fingerprint density at radius 3 is 2.15 bits per heavy atom. The van der Waals surface area contributed by atoms with Gasteiger partial charge in [-0.25, -0.2) is 4.79 Å². The molecular formula is C21H33N3O2. The van der Waals surface area contributed by atoms with Crippen molar-refractivity contribution in [2.75, 3.05) is 26.2 Å². The van der Waals surface area contributed by atoms with Crippen molar-refractivity contribution in [3.63, 3.8) is 0 Å². The van der Waals surface area contributed by atoms with Gasteiger partial charge < -0.3 is 15.1 Å². The summed E-state index contributed by atoms with van der Waals surface area (Å²) in [6.45, 7) is 10.7. The molecule has 26 heavy (non-hydrogen) atoms. The van der Waals surface area contributed by atoms with E-state index in [2.05, 4.69) is 36.5 Å². The number of benzene rings is 1. The van der Waals surface area contributed by atoms with Crippen molar-refractivity contribution in [2.45, 2.75) is 58.9 Å². The predicted molar refractivity (Wildman–Crippen MR) is 105 cm³/mol. The third kappa shape index (κ3) is 6.36. The predicted octanol–water partition coefficient (Wildman–Crippen LogP) is 3.22. The Balaban J connectivity index is 1.81. The van der Waals surface area contributed by atoms with E-state index in [4.69, 9.17) is 0 Å². The summed E-state index contributed by atoms with van der Waals surface area (Å²) in [6, 6.07) is 8.47. The van der Waals surface area contributed by atoms with Gasteiger partial charge in [-0.15, -0.1) is 0 Å². The molecule has 0 aliphatic carbocycles. The topological polar surface area (TPSA) is 52.7 Å². The molecule has 0 atom stereocenters. The molecule has 0 saturated carbocycles. The number of carbonyl (C=O) groups excluding carboxylic acids is 2. The van der Waals surface area contributed by atoms with Gasteiger partial charge >= 0.3 is 6.03 Å². The molecule has 5 nitrogen and oxygen atoms in total. The van der Waals surface area contributed by atoms with Crippen LogP contribution in [-0.2, 0) is 17.6 Å². The Bertz CT molecular complexity index is 605. The van der Waals surface area contributed by atoms with Crippen LogP contribution in [0, 0.1) is 0 Å². The second-order valence-electron chi connectivity index (χ2n) is 8.07. The number of amides is 3. The minimum absolute atomic E-state index is 0.0391. The molecule has 1 aliphatic heterocycles. The highest BCUT2D eigenvalue weighted by atomic mass is 16.2. The van der Waals surface area contributed by atoms with Crippen LogP contribution in [0.1, 0.15) is 51.7 Å². The fraction of sp³-hybridized carbons (Fsp3) is 0.619. The van der Waals surface area contributed by atoms with Crippen molar-refractivity contribution in [2.24, 2.45) is 0 Å². The zero-order valence-electron chi connectivity index (χ0n) is 16.7. The maximum atomic E-state index is 12.6. The minimum Gasteiger partial charge on any atom is -0.341 e. The van der Waals surface area contributed by atoms with Gasteiger partial charge in [-0.1, -0.05) is 31.2 Å². The molecule has 1 heterocycles. The number of nitrogens with zero attached hydrogens (tertiary/aromatic N) is 2. The summed E-state index contributed by atoms with van der Waals surface area (Å²) in [5.74, 6) is 0.183. The van der Waals surface area contributed by atoms with Gasteiger partial charge in [0.05, 0.1) is 0 Å². The Morgan fingerprint density at radius 2 is 1.54 bits per heavy atom. The smallest absolute Gasteiger partial charge is 0.317 e. The summed E-state index contributed by atoms with van der Waals surface area (Å²) in [4.78, 5) is 28.6. The third-order valence-corrected chi connectivity index (χ3v) is 4.68. The first-order valence-corrected chi connectivity index (χ1v) is 9.71. The summed E-state index contributed by atoms with van der Waals surface area (Å²) in [5.41, 5.74) is 2.28. The van der Waals surface area contributed by atoms with Crippen LogP contribution in [0.2, 0.25) is 0 Å². The first kappa shape index (κ1) is 20.3. The highest BCUT2D eigenvalue weighted by Gasteiger charge is 2.24. The molecule has 2 rings (SSSR count). The Hall–Kier alpha value is -2.04. The molecule has 0 aromatic heterocycles. The normalized spacial score (nSPS) is 15.5. The van der Waals surface area contributed by atoms with Crippen molar-refractivity contribution in [3.8, 4) is 0 Å². The Labute approximate surface area is 157 Å². The lowest BCUT2D eigenvalue weighted by atomic mass is 10.1. The quantitative estimate of drug-likeness (QED) is 0.897. The first-order valence-electron chi connectivity index (χ1n) is 9.71. The van der Waals surface area contributed by atoms with Gasteiger partial charge in [-0.3, -0.25) is 4.79 Å². The van der Waals surface area contributed by atoms with Crippen molar-refractivity contribution in [1.29, 1.82) is 0 Å². The molecule has 1 aromatic rings. The average molecular weight is 360 g/mol. The first-order chi connectivity index (χ1) is 12.3. The van der Waals surface area contributed by atoms with Gasteiger partial charge in [-0.2, -0.15) is 0 Å². The van der Waals surface area contributed by atoms with E-state index in [1.807, 2.05) is 30.6 Å². The van der Waals surface area contributed by atoms with Crippen LogP contribution in [-0.4, -0.2) is 53.5 Å². The Kier molecular flexibility index (Phi) is 7.06. The molecule has 1 saturated heterocycles. The zero-order valence-corrected chi connectivity index (χ0v) is 16.7. The SMILES string of the molecule is CCc1ccc(CCC(=O)N2CCCN(C(=O)NC(C)(C)C)CC2)cc1. The average Bonchev–Trinajstić information content (AvgIpc) is 2.85. The fourth-order valence-corrected chi connectivity index (χ4v) is 3.12. The van der Waals surface area contributed by atoms with Crippen molar-refractivity contribution < 1.29 is 9.59 Å². The van der Waals surface area contributed by atoms with E-state index >= 15 is 0 Å². The molecule has 1 N–H and O–H groups in total. The molecule has 144 valence electrons. The van der Waals surface area contributed by atoms with Gasteiger partial charge in [0.1, 0.15) is 0 Å². The van der Waals surface area contributed by atoms with Crippen LogP contribution in [0.15, 0.2) is 24.3 Å². The van der Waals surface area contributed by atoms with Crippen LogP contribution >= 0.6 is 0 Å². The molecule has 1 aliphatic rings. The van der Waals surface area contributed by atoms with Crippen LogP contribution in [0.5, 0.6) is 0 Å². The molecular weight excluding hydrogens is 326 g/mol. The minimum atomic E-state index is -0.244. The van der Waals surface area contributed by atoms with Gasteiger partial charge in [0.25, 0.3) is 0 Å². The molecule has 5 heteroatoms. The summed E-state index contributed by atoms with van der Waals surface area (Å²) in [7, 11) is 0. The van der Waals surface area contributed by atoms with E-state index in [9.17, 15) is 9.59 Å². The van der Waals surface area contributed by atoms with E-state index in [0.717, 1.165) is 25.8 Å². The van der Waals surface area contributed by atoms with Gasteiger partial charge in [0.15, 0.2) is 0 Å². The molecule has 1 aromatic carbocycles. The largest absolute Gasteiger partial charge is 0.341 e. The third-order valence-electron chi connectivity index (χ3n) is 4.68. The second kappa shape index (κ2) is 9.06. The van der Waals surface area contributed by atoms with Crippen molar-refractivity contribution >= 4 is 11.9 Å². The van der Waals surface area contributed by atoms with Gasteiger partial charge in [-0.05, 0) is 51.2 Å². The van der Waals surface area contributed by atoms with Crippen LogP contribution in [0.4, 0.5) is 4.79 Å². The lowest BCUT2D eigenvalue weighted by Crippen LogP contribution is -2.49. The number of urea groups is 1. The number of aryl methyl sites for hydroxylation is 2. The van der Waals surface area contributed by atoms with Crippen LogP contribution in [0.25, 0.3) is 0 Å². The van der Waals surface area contributed by atoms with Gasteiger partial charge in [0, 0.05) is 38.1 Å². The van der Waals surface area contributed by atoms with Crippen LogP contribution < -0.4 is 5.32 Å². The lowest BCUT2D eigenvalue weighted by Gasteiger charge is -2.27. The van der Waals surface area contributed by atoms with E-state index in [-0.39, 0.29) is 17.5 Å². The highest BCUT2D eigenvalue weighted by Crippen LogP contribution is 2.11. The summed E-state index contributed by atoms with van der Waals surface area (Å²) >= 11 is 0. The fourth-order valence-electron chi connectivity index (χ4n) is 3.12. The number of rotatable bonds is 4. The maximum Gasteiger partial charge on any atom is 0.317 e. The van der Waals surface area contributed by atoms with E-state index in [1.54, 1.807) is 0 Å². The van der Waals surface area contributed by atoms with Crippen molar-refractivity contribution in [3.05, 3.63) is 35.4 Å². The van der Waals surface area contributed by atoms with Crippen LogP contribution in [0.3, 0.4) is 0 Å². The highest BCUT2D eigenvalue weighted by molar-refractivity contribution is 5.77.